The Hall–Kier alpha value is -0.240. The van der Waals surface area contributed by atoms with E-state index in [1.165, 1.54) is 0 Å². The Labute approximate surface area is 74.7 Å². The van der Waals surface area contributed by atoms with Crippen molar-refractivity contribution in [3.05, 3.63) is 0 Å². The minimum absolute atomic E-state index is 1.07. The molecular formula is C7H14O6. The van der Waals surface area contributed by atoms with Crippen molar-refractivity contribution in [3.8, 4) is 0 Å². The molecule has 1 aliphatic carbocycles. The molecule has 0 aromatic carbocycles. The summed E-state index contributed by atoms with van der Waals surface area (Å²) in [6.07, 6.45) is -8.39. The molecule has 0 amide bonds. The summed E-state index contributed by atoms with van der Waals surface area (Å²) in [4.78, 5) is 0. The summed E-state index contributed by atoms with van der Waals surface area (Å²) < 4.78 is 0. The zero-order valence-corrected chi connectivity index (χ0v) is 7.07. The fraction of sp³-hybridized carbons (Fsp3) is 1.00. The predicted octanol–water partition coefficient (Wildman–Crippen LogP) is -3.44. The Morgan fingerprint density at radius 2 is 1.08 bits per heavy atom. The second kappa shape index (κ2) is 3.16. The third-order valence-electron chi connectivity index (χ3n) is 2.54. The first-order chi connectivity index (χ1) is 5.80. The van der Waals surface area contributed by atoms with E-state index in [0.717, 1.165) is 6.92 Å². The van der Waals surface area contributed by atoms with Crippen molar-refractivity contribution in [2.75, 3.05) is 0 Å². The number of rotatable bonds is 0. The van der Waals surface area contributed by atoms with E-state index in [2.05, 4.69) is 0 Å². The van der Waals surface area contributed by atoms with Gasteiger partial charge in [-0.05, 0) is 6.92 Å². The lowest BCUT2D eigenvalue weighted by molar-refractivity contribution is -0.261. The van der Waals surface area contributed by atoms with E-state index in [-0.39, 0.29) is 0 Å². The SMILES string of the molecule is CC1(O)[C@@H](O)[C@H](O)C(O)[C@@H](O)[C@@H]1O. The average molecular weight is 194 g/mol. The van der Waals surface area contributed by atoms with Crippen LogP contribution in [0.15, 0.2) is 0 Å². The van der Waals surface area contributed by atoms with E-state index in [0.29, 0.717) is 0 Å². The van der Waals surface area contributed by atoms with Gasteiger partial charge in [0.15, 0.2) is 0 Å². The summed E-state index contributed by atoms with van der Waals surface area (Å²) >= 11 is 0. The van der Waals surface area contributed by atoms with Crippen LogP contribution in [-0.4, -0.2) is 66.8 Å². The predicted molar refractivity (Wildman–Crippen MR) is 40.7 cm³/mol. The van der Waals surface area contributed by atoms with Crippen LogP contribution in [0.4, 0.5) is 0 Å². The molecule has 6 heteroatoms. The van der Waals surface area contributed by atoms with Crippen LogP contribution >= 0.6 is 0 Å². The molecule has 0 aromatic rings. The third-order valence-corrected chi connectivity index (χ3v) is 2.54. The fourth-order valence-corrected chi connectivity index (χ4v) is 1.44. The molecule has 0 radical (unpaired) electrons. The topological polar surface area (TPSA) is 121 Å². The molecule has 6 N–H and O–H groups in total. The molecule has 0 aromatic heterocycles. The molecule has 1 rings (SSSR count). The first-order valence-electron chi connectivity index (χ1n) is 3.93. The van der Waals surface area contributed by atoms with E-state index in [1.54, 1.807) is 0 Å². The van der Waals surface area contributed by atoms with Gasteiger partial charge in [-0.3, -0.25) is 0 Å². The van der Waals surface area contributed by atoms with E-state index >= 15 is 0 Å². The largest absolute Gasteiger partial charge is 0.387 e. The molecule has 0 spiro atoms. The van der Waals surface area contributed by atoms with Crippen molar-refractivity contribution in [1.82, 2.24) is 0 Å². The summed E-state index contributed by atoms with van der Waals surface area (Å²) in [6.45, 7) is 1.07. The third kappa shape index (κ3) is 1.45. The van der Waals surface area contributed by atoms with Gasteiger partial charge in [0.05, 0.1) is 0 Å². The molecule has 1 aliphatic rings. The van der Waals surface area contributed by atoms with Gasteiger partial charge in [0.2, 0.25) is 0 Å². The first-order valence-corrected chi connectivity index (χ1v) is 3.93. The molecule has 0 unspecified atom stereocenters. The highest BCUT2D eigenvalue weighted by Gasteiger charge is 2.54. The van der Waals surface area contributed by atoms with Crippen molar-refractivity contribution in [2.24, 2.45) is 0 Å². The second-order valence-corrected chi connectivity index (χ2v) is 3.59. The van der Waals surface area contributed by atoms with E-state index in [1.807, 2.05) is 0 Å². The molecule has 1 fully saturated rings. The maximum atomic E-state index is 9.44. The zero-order valence-electron chi connectivity index (χ0n) is 7.07. The van der Waals surface area contributed by atoms with Crippen LogP contribution in [0.5, 0.6) is 0 Å². The van der Waals surface area contributed by atoms with Crippen LogP contribution in [0.25, 0.3) is 0 Å². The summed E-state index contributed by atoms with van der Waals surface area (Å²) in [5.41, 5.74) is -2.03. The molecule has 13 heavy (non-hydrogen) atoms. The number of hydrogen-bond acceptors (Lipinski definition) is 6. The summed E-state index contributed by atoms with van der Waals surface area (Å²) in [7, 11) is 0. The Kier molecular flexibility index (Phi) is 2.63. The lowest BCUT2D eigenvalue weighted by atomic mass is 9.76. The van der Waals surface area contributed by atoms with Gasteiger partial charge in [-0.15, -0.1) is 0 Å². The van der Waals surface area contributed by atoms with Crippen LogP contribution in [0.2, 0.25) is 0 Å². The van der Waals surface area contributed by atoms with Crippen LogP contribution in [0.3, 0.4) is 0 Å². The molecule has 6 nitrogen and oxygen atoms in total. The van der Waals surface area contributed by atoms with Crippen molar-refractivity contribution >= 4 is 0 Å². The highest BCUT2D eigenvalue weighted by Crippen LogP contribution is 2.29. The maximum absolute atomic E-state index is 9.44. The van der Waals surface area contributed by atoms with Crippen molar-refractivity contribution in [1.29, 1.82) is 0 Å². The Morgan fingerprint density at radius 3 is 1.38 bits per heavy atom. The number of aliphatic hydroxyl groups excluding tert-OH is 5. The van der Waals surface area contributed by atoms with Gasteiger partial charge < -0.3 is 30.6 Å². The van der Waals surface area contributed by atoms with E-state index in [4.69, 9.17) is 15.3 Å². The van der Waals surface area contributed by atoms with Crippen LogP contribution in [0.1, 0.15) is 6.92 Å². The first kappa shape index (κ1) is 10.8. The molecule has 4 atom stereocenters. The molecule has 78 valence electrons. The highest BCUT2D eigenvalue weighted by atomic mass is 16.4. The van der Waals surface area contributed by atoms with Crippen molar-refractivity contribution in [3.63, 3.8) is 0 Å². The minimum atomic E-state index is -2.03. The summed E-state index contributed by atoms with van der Waals surface area (Å²) in [5, 5.41) is 55.3. The van der Waals surface area contributed by atoms with Crippen LogP contribution < -0.4 is 0 Å². The number of hydrogen-bond donors (Lipinski definition) is 6. The Balaban J connectivity index is 2.93. The molecule has 1 saturated carbocycles. The summed E-state index contributed by atoms with van der Waals surface area (Å²) in [6, 6.07) is 0. The molecular weight excluding hydrogens is 180 g/mol. The lowest BCUT2D eigenvalue weighted by Crippen LogP contribution is -2.69. The van der Waals surface area contributed by atoms with Gasteiger partial charge in [0.1, 0.15) is 36.1 Å². The standard InChI is InChI=1S/C7H14O6/c1-7(13)5(11)3(9)2(8)4(10)6(7)12/h2-6,8-13H,1H3/t2?,3-,4-,5+,6+,7?/m1/s1. The lowest BCUT2D eigenvalue weighted by Gasteiger charge is -2.45. The Morgan fingerprint density at radius 1 is 0.769 bits per heavy atom. The van der Waals surface area contributed by atoms with Gasteiger partial charge in [0.25, 0.3) is 0 Å². The maximum Gasteiger partial charge on any atom is 0.119 e. The van der Waals surface area contributed by atoms with Gasteiger partial charge >= 0.3 is 0 Å². The zero-order chi connectivity index (χ0) is 10.4. The van der Waals surface area contributed by atoms with Gasteiger partial charge in [0, 0.05) is 0 Å². The average Bonchev–Trinajstić information content (AvgIpc) is 2.09. The van der Waals surface area contributed by atoms with Gasteiger partial charge in [-0.2, -0.15) is 0 Å². The van der Waals surface area contributed by atoms with Crippen LogP contribution in [-0.2, 0) is 0 Å². The van der Waals surface area contributed by atoms with Crippen molar-refractivity contribution in [2.45, 2.75) is 43.0 Å². The Bertz CT molecular complexity index is 175. The molecule has 0 saturated heterocycles. The monoisotopic (exact) mass is 194 g/mol. The molecule has 0 heterocycles. The van der Waals surface area contributed by atoms with Crippen LogP contribution in [0, 0.1) is 0 Å². The molecule has 0 bridgehead atoms. The normalized spacial score (nSPS) is 57.9. The summed E-state index contributed by atoms with van der Waals surface area (Å²) in [5.74, 6) is 0. The van der Waals surface area contributed by atoms with E-state index in [9.17, 15) is 15.3 Å². The quantitative estimate of drug-likeness (QED) is 0.238. The fourth-order valence-electron chi connectivity index (χ4n) is 1.44. The number of aliphatic hydroxyl groups is 6. The highest BCUT2D eigenvalue weighted by molar-refractivity contribution is 5.05. The van der Waals surface area contributed by atoms with Gasteiger partial charge in [-0.1, -0.05) is 0 Å². The van der Waals surface area contributed by atoms with E-state index < -0.39 is 36.1 Å². The van der Waals surface area contributed by atoms with Crippen molar-refractivity contribution < 1.29 is 30.6 Å². The smallest absolute Gasteiger partial charge is 0.119 e. The molecule has 0 aliphatic heterocycles. The minimum Gasteiger partial charge on any atom is -0.387 e. The second-order valence-electron chi connectivity index (χ2n) is 3.59. The van der Waals surface area contributed by atoms with Gasteiger partial charge in [-0.25, -0.2) is 0 Å².